The van der Waals surface area contributed by atoms with Crippen molar-refractivity contribution in [3.63, 3.8) is 0 Å². The number of fused-ring (bicyclic) bond motifs is 2. The molecular formula is C55H63ClFN7O7. The second kappa shape index (κ2) is 21.0. The molecule has 71 heavy (non-hydrogen) atoms. The fourth-order valence-electron chi connectivity index (χ4n) is 12.2. The highest BCUT2D eigenvalue weighted by Crippen LogP contribution is 2.42. The first-order valence-corrected chi connectivity index (χ1v) is 26.2. The van der Waals surface area contributed by atoms with E-state index >= 15 is 0 Å². The topological polar surface area (TPSA) is 170 Å². The van der Waals surface area contributed by atoms with Crippen LogP contribution in [0.5, 0.6) is 5.75 Å². The van der Waals surface area contributed by atoms with E-state index in [1.165, 1.54) is 6.07 Å². The summed E-state index contributed by atoms with van der Waals surface area (Å²) in [5, 5.41) is 10.3. The molecule has 3 saturated heterocycles. The van der Waals surface area contributed by atoms with E-state index in [-0.39, 0.29) is 71.5 Å². The predicted molar refractivity (Wildman–Crippen MR) is 268 cm³/mol. The number of hydrogen-bond acceptors (Lipinski definition) is 10. The maximum atomic E-state index is 14.1. The number of rotatable bonds is 12. The molecule has 0 spiro atoms. The zero-order chi connectivity index (χ0) is 49.3. The molecule has 0 bridgehead atoms. The van der Waals surface area contributed by atoms with Crippen LogP contribution in [0.15, 0.2) is 66.9 Å². The Morgan fingerprint density at radius 2 is 1.54 bits per heavy atom. The van der Waals surface area contributed by atoms with Gasteiger partial charge >= 0.3 is 0 Å². The summed E-state index contributed by atoms with van der Waals surface area (Å²) in [7, 11) is 0. The van der Waals surface area contributed by atoms with Crippen LogP contribution in [0.3, 0.4) is 0 Å². The smallest absolute Gasteiger partial charge is 0.262 e. The van der Waals surface area contributed by atoms with Gasteiger partial charge in [0.2, 0.25) is 23.6 Å². The van der Waals surface area contributed by atoms with Crippen molar-refractivity contribution < 1.29 is 37.9 Å². The number of anilines is 2. The number of nitrogens with one attached hydrogen (secondary N) is 3. The third-order valence-electron chi connectivity index (χ3n) is 16.4. The van der Waals surface area contributed by atoms with Gasteiger partial charge in [-0.05, 0) is 162 Å². The number of carbonyl (C=O) groups is 6. The Hall–Kier alpha value is -5.93. The van der Waals surface area contributed by atoms with Crippen LogP contribution in [0.1, 0.15) is 129 Å². The van der Waals surface area contributed by atoms with E-state index in [1.807, 2.05) is 24.0 Å². The summed E-state index contributed by atoms with van der Waals surface area (Å²) in [6, 6.07) is 16.6. The molecule has 374 valence electrons. The number of ether oxygens (including phenoxy) is 1. The maximum absolute atomic E-state index is 14.1. The highest BCUT2D eigenvalue weighted by Gasteiger charge is 2.45. The monoisotopic (exact) mass is 987 g/mol. The third-order valence-corrected chi connectivity index (χ3v) is 16.7. The molecule has 5 fully saturated rings. The van der Waals surface area contributed by atoms with Crippen molar-refractivity contribution in [3.05, 3.63) is 94.4 Å². The molecule has 1 aromatic heterocycles. The number of piperidine rings is 3. The zero-order valence-corrected chi connectivity index (χ0v) is 41.1. The van der Waals surface area contributed by atoms with Crippen molar-refractivity contribution in [3.8, 4) is 5.75 Å². The second-order valence-corrected chi connectivity index (χ2v) is 21.3. The van der Waals surface area contributed by atoms with Crippen molar-refractivity contribution in [1.29, 1.82) is 0 Å². The average Bonchev–Trinajstić information content (AvgIpc) is 3.62. The first kappa shape index (κ1) is 48.7. The normalized spacial score (nSPS) is 25.2. The van der Waals surface area contributed by atoms with Crippen LogP contribution in [0.2, 0.25) is 5.02 Å². The molecule has 2 saturated carbocycles. The standard InChI is InChI=1S/C55H63ClFN7O7/c1-32(34-4-6-35(7-5-34)42-18-23-58-47-15-8-37(57)28-44(42)47)51(66)60-40-12-14-46(56)49(30-40)71-41-21-26-63(27-22-41)53(68)36-19-24-62(25-20-36)31-33-2-9-38(10-3-33)59-39-11-13-43-45(29-39)55(70)64(54(43)69)48-16-17-50(65)61-52(48)67/h8,11-15,18,23,28-30,32-36,38,41,48,59H,2-7,9-10,16-17,19-22,24-27,31H2,1H3,(H,60,66)(H,61,65,67)/t32-,33?,34?,35?,38?,48?/m1/s1. The highest BCUT2D eigenvalue weighted by atomic mass is 35.5. The van der Waals surface area contributed by atoms with E-state index in [9.17, 15) is 33.2 Å². The minimum absolute atomic E-state index is 0.0223. The van der Waals surface area contributed by atoms with Gasteiger partial charge in [0.15, 0.2) is 0 Å². The average molecular weight is 989 g/mol. The Labute approximate surface area is 418 Å². The van der Waals surface area contributed by atoms with Gasteiger partial charge in [-0.15, -0.1) is 0 Å². The molecule has 0 radical (unpaired) electrons. The van der Waals surface area contributed by atoms with Gasteiger partial charge in [-0.3, -0.25) is 44.0 Å². The number of nitrogens with zero attached hydrogens (tertiary/aromatic N) is 4. The number of benzene rings is 3. The van der Waals surface area contributed by atoms with E-state index < -0.39 is 29.7 Å². The van der Waals surface area contributed by atoms with Crippen molar-refractivity contribution in [2.75, 3.05) is 43.4 Å². The van der Waals surface area contributed by atoms with Gasteiger partial charge in [-0.1, -0.05) is 18.5 Å². The molecule has 6 amide bonds. The summed E-state index contributed by atoms with van der Waals surface area (Å²) in [4.78, 5) is 87.8. The van der Waals surface area contributed by atoms with Gasteiger partial charge in [-0.2, -0.15) is 0 Å². The number of imide groups is 2. The molecular weight excluding hydrogens is 925 g/mol. The Balaban J connectivity index is 0.625. The lowest BCUT2D eigenvalue weighted by Gasteiger charge is -2.39. The van der Waals surface area contributed by atoms with Gasteiger partial charge in [-0.25, -0.2) is 4.39 Å². The van der Waals surface area contributed by atoms with Gasteiger partial charge in [0.05, 0.1) is 21.7 Å². The summed E-state index contributed by atoms with van der Waals surface area (Å²) in [6.07, 6.45) is 12.8. The van der Waals surface area contributed by atoms with Crippen LogP contribution in [0.4, 0.5) is 15.8 Å². The van der Waals surface area contributed by atoms with Crippen molar-refractivity contribution in [1.82, 2.24) is 25.0 Å². The summed E-state index contributed by atoms with van der Waals surface area (Å²) in [6.45, 7) is 6.09. The first-order chi connectivity index (χ1) is 34.3. The number of carbonyl (C=O) groups excluding carboxylic acids is 6. The number of pyridine rings is 1. The number of hydrogen-bond donors (Lipinski definition) is 3. The molecule has 14 nitrogen and oxygen atoms in total. The maximum Gasteiger partial charge on any atom is 0.262 e. The second-order valence-electron chi connectivity index (χ2n) is 20.9. The van der Waals surface area contributed by atoms with E-state index in [1.54, 1.807) is 48.7 Å². The van der Waals surface area contributed by atoms with Crippen molar-refractivity contribution in [2.24, 2.45) is 23.7 Å². The first-order valence-electron chi connectivity index (χ1n) is 25.8. The summed E-state index contributed by atoms with van der Waals surface area (Å²) in [5.41, 5.74) is 3.90. The Morgan fingerprint density at radius 3 is 2.28 bits per heavy atom. The van der Waals surface area contributed by atoms with E-state index in [0.29, 0.717) is 54.2 Å². The number of aromatic nitrogens is 1. The predicted octanol–water partition coefficient (Wildman–Crippen LogP) is 8.73. The van der Waals surface area contributed by atoms with Gasteiger partial charge in [0.25, 0.3) is 11.8 Å². The number of likely N-dealkylation sites (tertiary alicyclic amines) is 2. The molecule has 2 atom stereocenters. The lowest BCUT2D eigenvalue weighted by Crippen LogP contribution is -2.54. The van der Waals surface area contributed by atoms with Crippen LogP contribution in [-0.2, 0) is 19.2 Å². The summed E-state index contributed by atoms with van der Waals surface area (Å²) >= 11 is 6.62. The Morgan fingerprint density at radius 1 is 0.803 bits per heavy atom. The lowest BCUT2D eigenvalue weighted by molar-refractivity contribution is -0.139. The SMILES string of the molecule is C[C@@H](C(=O)Nc1ccc(Cl)c(OC2CCN(C(=O)C3CCN(CC4CCC(Nc5ccc6c(c5)C(=O)N(C5CCC(=O)NC5=O)C6=O)CC4)CC3)CC2)c1)C1CCC(c2ccnc3ccc(F)cc23)CC1. The quantitative estimate of drug-likeness (QED) is 0.117. The fourth-order valence-corrected chi connectivity index (χ4v) is 12.4. The molecule has 1 unspecified atom stereocenters. The van der Waals surface area contributed by atoms with Gasteiger partial charge in [0, 0.05) is 85.8 Å². The molecule has 2 aliphatic carbocycles. The van der Waals surface area contributed by atoms with Gasteiger partial charge in [0.1, 0.15) is 23.7 Å². The molecule has 6 aliphatic rings. The van der Waals surface area contributed by atoms with Crippen LogP contribution in [0.25, 0.3) is 10.9 Å². The fraction of sp³-hybridized carbons (Fsp3) is 0.509. The van der Waals surface area contributed by atoms with Gasteiger partial charge < -0.3 is 25.2 Å². The summed E-state index contributed by atoms with van der Waals surface area (Å²) in [5.74, 6) is -0.610. The number of amides is 6. The number of halogens is 2. The Kier molecular flexibility index (Phi) is 14.4. The molecule has 10 rings (SSSR count). The van der Waals surface area contributed by atoms with Crippen LogP contribution in [0, 0.1) is 29.5 Å². The highest BCUT2D eigenvalue weighted by molar-refractivity contribution is 6.32. The molecule has 4 aliphatic heterocycles. The molecule has 16 heteroatoms. The minimum atomic E-state index is -0.986. The largest absolute Gasteiger partial charge is 0.489 e. The van der Waals surface area contributed by atoms with E-state index in [2.05, 4.69) is 25.8 Å². The summed E-state index contributed by atoms with van der Waals surface area (Å²) < 4.78 is 20.5. The van der Waals surface area contributed by atoms with Crippen molar-refractivity contribution in [2.45, 2.75) is 121 Å². The molecule has 3 N–H and O–H groups in total. The van der Waals surface area contributed by atoms with E-state index in [0.717, 1.165) is 111 Å². The van der Waals surface area contributed by atoms with Crippen LogP contribution >= 0.6 is 11.6 Å². The molecule has 3 aromatic carbocycles. The van der Waals surface area contributed by atoms with Crippen LogP contribution in [-0.4, -0.2) is 106 Å². The van der Waals surface area contributed by atoms with Crippen LogP contribution < -0.4 is 20.7 Å². The third kappa shape index (κ3) is 10.7. The molecule has 4 aromatic rings. The van der Waals surface area contributed by atoms with Crippen molar-refractivity contribution >= 4 is 69.3 Å². The van der Waals surface area contributed by atoms with E-state index in [4.69, 9.17) is 16.3 Å². The minimum Gasteiger partial charge on any atom is -0.489 e. The molecule has 5 heterocycles. The Bertz CT molecular complexity index is 2710. The zero-order valence-electron chi connectivity index (χ0n) is 40.3. The lowest BCUT2D eigenvalue weighted by atomic mass is 9.73.